The van der Waals surface area contributed by atoms with Gasteiger partial charge in [0.25, 0.3) is 5.91 Å². The normalized spacial score (nSPS) is 13.8. The maximum absolute atomic E-state index is 12.7. The van der Waals surface area contributed by atoms with Crippen LogP contribution >= 0.6 is 11.3 Å². The lowest BCUT2D eigenvalue weighted by Crippen LogP contribution is -2.36. The highest BCUT2D eigenvalue weighted by Crippen LogP contribution is 2.30. The summed E-state index contributed by atoms with van der Waals surface area (Å²) in [5.41, 5.74) is 1.59. The molecule has 2 heterocycles. The van der Waals surface area contributed by atoms with Crippen molar-refractivity contribution in [3.05, 3.63) is 65.2 Å². The van der Waals surface area contributed by atoms with E-state index in [9.17, 15) is 10.1 Å². The molecule has 1 aliphatic heterocycles. The molecular weight excluding hydrogens is 454 g/mol. The average molecular weight is 478 g/mol. The standard InChI is InChI=1S/C24H23N5O4S/c1-31-21-14-18(7-8-20(21)33-16-17-5-3-2-4-6-17)13-19(15-25)22(30)26-23-27-28-24(34-23)29-9-11-32-12-10-29/h2-8,13-14H,9-12,16H2,1H3,(H,26,27,30)/b19-13-. The average Bonchev–Trinajstić information content (AvgIpc) is 3.35. The first kappa shape index (κ1) is 23.2. The van der Waals surface area contributed by atoms with E-state index in [-0.39, 0.29) is 5.57 Å². The van der Waals surface area contributed by atoms with Gasteiger partial charge in [0.05, 0.1) is 20.3 Å². The largest absolute Gasteiger partial charge is 0.493 e. The first-order valence-electron chi connectivity index (χ1n) is 10.6. The molecule has 0 aliphatic carbocycles. The number of nitrogens with one attached hydrogen (secondary N) is 1. The number of methoxy groups -OCH3 is 1. The monoisotopic (exact) mass is 477 g/mol. The van der Waals surface area contributed by atoms with Gasteiger partial charge in [-0.15, -0.1) is 10.2 Å². The van der Waals surface area contributed by atoms with E-state index >= 15 is 0 Å². The maximum Gasteiger partial charge on any atom is 0.268 e. The Balaban J connectivity index is 1.43. The van der Waals surface area contributed by atoms with Gasteiger partial charge in [-0.05, 0) is 29.3 Å². The Morgan fingerprint density at radius 2 is 2.00 bits per heavy atom. The highest BCUT2D eigenvalue weighted by molar-refractivity contribution is 7.19. The van der Waals surface area contributed by atoms with Crippen LogP contribution in [0.5, 0.6) is 11.5 Å². The van der Waals surface area contributed by atoms with Gasteiger partial charge in [0.1, 0.15) is 18.2 Å². The number of hydrogen-bond acceptors (Lipinski definition) is 9. The van der Waals surface area contributed by atoms with E-state index < -0.39 is 5.91 Å². The first-order chi connectivity index (χ1) is 16.7. The Bertz CT molecular complexity index is 1200. The van der Waals surface area contributed by atoms with Crippen LogP contribution in [0, 0.1) is 11.3 Å². The highest BCUT2D eigenvalue weighted by atomic mass is 32.1. The summed E-state index contributed by atoms with van der Waals surface area (Å²) < 4.78 is 16.6. The molecule has 0 bridgehead atoms. The van der Waals surface area contributed by atoms with Crippen LogP contribution < -0.4 is 19.7 Å². The number of carbonyl (C=O) groups excluding carboxylic acids is 1. The van der Waals surface area contributed by atoms with Crippen LogP contribution in [0.15, 0.2) is 54.1 Å². The molecule has 1 aromatic heterocycles. The lowest BCUT2D eigenvalue weighted by atomic mass is 10.1. The molecule has 0 atom stereocenters. The van der Waals surface area contributed by atoms with Crippen molar-refractivity contribution in [2.45, 2.75) is 6.61 Å². The molecular formula is C24H23N5O4S. The summed E-state index contributed by atoms with van der Waals surface area (Å²) in [6, 6.07) is 17.0. The number of nitrogens with zero attached hydrogens (tertiary/aromatic N) is 4. The number of anilines is 2. The van der Waals surface area contributed by atoms with Crippen LogP contribution in [0.2, 0.25) is 0 Å². The van der Waals surface area contributed by atoms with E-state index in [2.05, 4.69) is 15.5 Å². The Labute approximate surface area is 201 Å². The molecule has 1 saturated heterocycles. The predicted octanol–water partition coefficient (Wildman–Crippen LogP) is 3.51. The van der Waals surface area contributed by atoms with Gasteiger partial charge in [-0.2, -0.15) is 5.26 Å². The number of benzene rings is 2. The highest BCUT2D eigenvalue weighted by Gasteiger charge is 2.18. The summed E-state index contributed by atoms with van der Waals surface area (Å²) in [6.07, 6.45) is 1.49. The van der Waals surface area contributed by atoms with Crippen molar-refractivity contribution in [2.24, 2.45) is 0 Å². The molecule has 10 heteroatoms. The van der Waals surface area contributed by atoms with Crippen LogP contribution in [0.1, 0.15) is 11.1 Å². The van der Waals surface area contributed by atoms with Gasteiger partial charge in [0, 0.05) is 13.1 Å². The second kappa shape index (κ2) is 11.3. The third kappa shape index (κ3) is 5.89. The molecule has 9 nitrogen and oxygen atoms in total. The van der Waals surface area contributed by atoms with Gasteiger partial charge in [-0.25, -0.2) is 0 Å². The van der Waals surface area contributed by atoms with Crippen LogP contribution in [-0.2, 0) is 16.1 Å². The van der Waals surface area contributed by atoms with Crippen molar-refractivity contribution in [1.29, 1.82) is 5.26 Å². The van der Waals surface area contributed by atoms with E-state index in [0.717, 1.165) is 18.7 Å². The Morgan fingerprint density at radius 3 is 2.74 bits per heavy atom. The number of nitriles is 1. The molecule has 2 aromatic carbocycles. The molecule has 1 N–H and O–H groups in total. The van der Waals surface area contributed by atoms with Gasteiger partial charge in [0.2, 0.25) is 10.3 Å². The Kier molecular flexibility index (Phi) is 7.70. The summed E-state index contributed by atoms with van der Waals surface area (Å²) in [5.74, 6) is 0.508. The minimum atomic E-state index is -0.560. The van der Waals surface area contributed by atoms with E-state index in [0.29, 0.717) is 47.1 Å². The van der Waals surface area contributed by atoms with Crippen LogP contribution in [0.4, 0.5) is 10.3 Å². The van der Waals surface area contributed by atoms with Crippen molar-refractivity contribution in [1.82, 2.24) is 10.2 Å². The summed E-state index contributed by atoms with van der Waals surface area (Å²) in [4.78, 5) is 14.7. The van der Waals surface area contributed by atoms with Crippen LogP contribution in [-0.4, -0.2) is 49.5 Å². The van der Waals surface area contributed by atoms with Crippen molar-refractivity contribution >= 4 is 33.6 Å². The number of rotatable bonds is 8. The lowest BCUT2D eigenvalue weighted by Gasteiger charge is -2.25. The van der Waals surface area contributed by atoms with Gasteiger partial charge in [-0.1, -0.05) is 47.7 Å². The zero-order valence-electron chi connectivity index (χ0n) is 18.6. The van der Waals surface area contributed by atoms with Gasteiger partial charge < -0.3 is 19.1 Å². The molecule has 34 heavy (non-hydrogen) atoms. The number of morpholine rings is 1. The zero-order valence-corrected chi connectivity index (χ0v) is 19.4. The number of hydrogen-bond donors (Lipinski definition) is 1. The minimum absolute atomic E-state index is 0.0665. The SMILES string of the molecule is COc1cc(/C=C(/C#N)C(=O)Nc2nnc(N3CCOCC3)s2)ccc1OCc1ccccc1. The molecule has 0 radical (unpaired) electrons. The number of aromatic nitrogens is 2. The maximum atomic E-state index is 12.7. The van der Waals surface area contributed by atoms with Crippen molar-refractivity contribution in [2.75, 3.05) is 43.6 Å². The molecule has 1 fully saturated rings. The first-order valence-corrected chi connectivity index (χ1v) is 11.4. The lowest BCUT2D eigenvalue weighted by molar-refractivity contribution is -0.112. The third-order valence-corrected chi connectivity index (χ3v) is 5.92. The molecule has 1 amide bonds. The number of amides is 1. The molecule has 174 valence electrons. The van der Waals surface area contributed by atoms with Crippen molar-refractivity contribution < 1.29 is 19.0 Å². The van der Waals surface area contributed by atoms with Crippen molar-refractivity contribution in [3.63, 3.8) is 0 Å². The fourth-order valence-corrected chi connectivity index (χ4v) is 4.05. The topological polar surface area (TPSA) is 110 Å². The molecule has 4 rings (SSSR count). The molecule has 0 saturated carbocycles. The van der Waals surface area contributed by atoms with E-state index in [1.165, 1.54) is 24.5 Å². The Morgan fingerprint density at radius 1 is 1.21 bits per heavy atom. The molecule has 0 spiro atoms. The third-order valence-electron chi connectivity index (χ3n) is 5.02. The summed E-state index contributed by atoms with van der Waals surface area (Å²) in [6.45, 7) is 3.09. The molecule has 3 aromatic rings. The van der Waals surface area contributed by atoms with Crippen LogP contribution in [0.25, 0.3) is 6.08 Å². The predicted molar refractivity (Wildman–Crippen MR) is 129 cm³/mol. The van der Waals surface area contributed by atoms with Crippen molar-refractivity contribution in [3.8, 4) is 17.6 Å². The number of carbonyl (C=O) groups is 1. The van der Waals surface area contributed by atoms with Gasteiger partial charge in [-0.3, -0.25) is 10.1 Å². The van der Waals surface area contributed by atoms with E-state index in [1.807, 2.05) is 41.3 Å². The molecule has 0 unspecified atom stereocenters. The minimum Gasteiger partial charge on any atom is -0.493 e. The number of ether oxygens (including phenoxy) is 3. The summed E-state index contributed by atoms with van der Waals surface area (Å²) >= 11 is 1.26. The quantitative estimate of drug-likeness (QED) is 0.388. The van der Waals surface area contributed by atoms with E-state index in [4.69, 9.17) is 14.2 Å². The summed E-state index contributed by atoms with van der Waals surface area (Å²) in [5, 5.41) is 21.4. The zero-order chi connectivity index (χ0) is 23.8. The van der Waals surface area contributed by atoms with Crippen LogP contribution in [0.3, 0.4) is 0 Å². The molecule has 1 aliphatic rings. The fraction of sp³-hybridized carbons (Fsp3) is 0.250. The fourth-order valence-electron chi connectivity index (χ4n) is 3.26. The Hall–Kier alpha value is -3.94. The second-order valence-corrected chi connectivity index (χ2v) is 8.25. The van der Waals surface area contributed by atoms with E-state index in [1.54, 1.807) is 18.2 Å². The smallest absolute Gasteiger partial charge is 0.268 e. The van der Waals surface area contributed by atoms with Gasteiger partial charge in [0.15, 0.2) is 11.5 Å². The second-order valence-electron chi connectivity index (χ2n) is 7.30. The van der Waals surface area contributed by atoms with Gasteiger partial charge >= 0.3 is 0 Å². The summed E-state index contributed by atoms with van der Waals surface area (Å²) in [7, 11) is 1.54.